The van der Waals surface area contributed by atoms with E-state index in [4.69, 9.17) is 5.11 Å². The molecule has 0 aromatic heterocycles. The van der Waals surface area contributed by atoms with E-state index in [1.165, 1.54) is 6.92 Å². The highest BCUT2D eigenvalue weighted by atomic mass is 79.9. The van der Waals surface area contributed by atoms with Crippen LogP contribution in [0.4, 0.5) is 0 Å². The van der Waals surface area contributed by atoms with Crippen LogP contribution < -0.4 is 0 Å². The zero-order valence-corrected chi connectivity index (χ0v) is 10.9. The molecule has 92 valence electrons. The summed E-state index contributed by atoms with van der Waals surface area (Å²) in [6.45, 7) is 1.19. The van der Waals surface area contributed by atoms with Gasteiger partial charge in [0.25, 0.3) is 0 Å². The van der Waals surface area contributed by atoms with Gasteiger partial charge in [0.05, 0.1) is 17.9 Å². The molecule has 0 aliphatic heterocycles. The predicted molar refractivity (Wildman–Crippen MR) is 66.1 cm³/mol. The van der Waals surface area contributed by atoms with Crippen LogP contribution in [0.5, 0.6) is 0 Å². The molecule has 0 bridgehead atoms. The van der Waals surface area contributed by atoms with E-state index in [0.29, 0.717) is 16.7 Å². The van der Waals surface area contributed by atoms with Gasteiger partial charge in [-0.15, -0.1) is 0 Å². The van der Waals surface area contributed by atoms with Crippen molar-refractivity contribution >= 4 is 27.7 Å². The first kappa shape index (κ1) is 13.9. The number of halogens is 1. The molecule has 0 saturated carbocycles. The molecule has 2 N–H and O–H groups in total. The molecule has 0 heterocycles. The summed E-state index contributed by atoms with van der Waals surface area (Å²) in [5, 5.41) is 18.0. The number of carboxylic acid groups (broad SMARTS) is 1. The lowest BCUT2D eigenvalue weighted by molar-refractivity contribution is -0.136. The van der Waals surface area contributed by atoms with E-state index >= 15 is 0 Å². The van der Waals surface area contributed by atoms with Crippen LogP contribution in [0.3, 0.4) is 0 Å². The highest BCUT2D eigenvalue weighted by molar-refractivity contribution is 9.09. The van der Waals surface area contributed by atoms with Crippen LogP contribution in [0, 0.1) is 0 Å². The second-order valence-corrected chi connectivity index (χ2v) is 4.61. The van der Waals surface area contributed by atoms with Gasteiger partial charge in [0.1, 0.15) is 5.78 Å². The molecule has 1 aromatic rings. The normalized spacial score (nSPS) is 12.2. The molecule has 1 atom stereocenters. The number of ketones is 1. The Kier molecular flexibility index (Phi) is 4.84. The Morgan fingerprint density at radius 1 is 1.35 bits per heavy atom. The van der Waals surface area contributed by atoms with Crippen molar-refractivity contribution in [3.8, 4) is 0 Å². The molecule has 4 nitrogen and oxygen atoms in total. The minimum Gasteiger partial charge on any atom is -0.481 e. The fraction of sp³-hybridized carbons (Fsp3) is 0.333. The number of carbonyl (C=O) groups is 2. The summed E-state index contributed by atoms with van der Waals surface area (Å²) in [7, 11) is 0. The third-order valence-corrected chi connectivity index (χ3v) is 3.51. The number of rotatable bonds is 5. The predicted octanol–water partition coefficient (Wildman–Crippen LogP) is 1.83. The van der Waals surface area contributed by atoms with Gasteiger partial charge >= 0.3 is 5.97 Å². The van der Waals surface area contributed by atoms with Crippen molar-refractivity contribution in [1.29, 1.82) is 0 Å². The van der Waals surface area contributed by atoms with Gasteiger partial charge in [-0.2, -0.15) is 0 Å². The summed E-state index contributed by atoms with van der Waals surface area (Å²) in [6.07, 6.45) is -0.168. The molecule has 0 fully saturated rings. The van der Waals surface area contributed by atoms with Gasteiger partial charge in [-0.1, -0.05) is 34.1 Å². The highest BCUT2D eigenvalue weighted by Crippen LogP contribution is 2.30. The SMILES string of the molecule is CC(=O)C(Br)c1c(CO)cccc1CC(=O)O. The number of hydrogen-bond acceptors (Lipinski definition) is 3. The number of aliphatic hydroxyl groups excluding tert-OH is 1. The number of aliphatic carboxylic acids is 1. The molecule has 0 amide bonds. The van der Waals surface area contributed by atoms with E-state index in [1.807, 2.05) is 0 Å². The fourth-order valence-corrected chi connectivity index (χ4v) is 2.24. The van der Waals surface area contributed by atoms with Crippen molar-refractivity contribution in [1.82, 2.24) is 0 Å². The molecule has 0 aliphatic carbocycles. The lowest BCUT2D eigenvalue weighted by Crippen LogP contribution is -2.11. The first-order chi connectivity index (χ1) is 7.97. The van der Waals surface area contributed by atoms with Gasteiger partial charge in [-0.25, -0.2) is 0 Å². The maximum absolute atomic E-state index is 11.4. The Morgan fingerprint density at radius 3 is 2.41 bits per heavy atom. The van der Waals surface area contributed by atoms with Crippen molar-refractivity contribution in [3.63, 3.8) is 0 Å². The van der Waals surface area contributed by atoms with Crippen LogP contribution in [-0.4, -0.2) is 22.0 Å². The van der Waals surface area contributed by atoms with Crippen LogP contribution in [-0.2, 0) is 22.6 Å². The molecular formula is C12H13BrO4. The van der Waals surface area contributed by atoms with Gasteiger partial charge < -0.3 is 10.2 Å². The lowest BCUT2D eigenvalue weighted by Gasteiger charge is -2.15. The smallest absolute Gasteiger partial charge is 0.307 e. The second kappa shape index (κ2) is 5.93. The molecule has 0 aliphatic rings. The molecule has 0 radical (unpaired) electrons. The topological polar surface area (TPSA) is 74.6 Å². The van der Waals surface area contributed by atoms with Crippen molar-refractivity contribution < 1.29 is 19.8 Å². The number of Topliss-reactive ketones (excluding diaryl/α,β-unsaturated/α-hetero) is 1. The summed E-state index contributed by atoms with van der Waals surface area (Å²) < 4.78 is 0. The van der Waals surface area contributed by atoms with Gasteiger partial charge in [0.15, 0.2) is 0 Å². The van der Waals surface area contributed by atoms with E-state index in [2.05, 4.69) is 15.9 Å². The molecule has 17 heavy (non-hydrogen) atoms. The first-order valence-electron chi connectivity index (χ1n) is 5.05. The van der Waals surface area contributed by atoms with Crippen molar-refractivity contribution in [2.75, 3.05) is 0 Å². The van der Waals surface area contributed by atoms with Crippen LogP contribution >= 0.6 is 15.9 Å². The number of benzene rings is 1. The standard InChI is InChI=1S/C12H13BrO4/c1-7(15)12(13)11-8(5-10(16)17)3-2-4-9(11)6-14/h2-4,12,14H,5-6H2,1H3,(H,16,17). The number of carbonyl (C=O) groups excluding carboxylic acids is 1. The third-order valence-electron chi connectivity index (χ3n) is 2.41. The Balaban J connectivity index is 3.29. The van der Waals surface area contributed by atoms with Gasteiger partial charge in [0.2, 0.25) is 0 Å². The molecule has 0 spiro atoms. The minimum absolute atomic E-state index is 0.127. The Morgan fingerprint density at radius 2 is 1.94 bits per heavy atom. The van der Waals surface area contributed by atoms with Crippen LogP contribution in [0.15, 0.2) is 18.2 Å². The molecule has 0 saturated heterocycles. The van der Waals surface area contributed by atoms with Crippen molar-refractivity contribution in [2.45, 2.75) is 24.8 Å². The fourth-order valence-electron chi connectivity index (χ4n) is 1.65. The average molecular weight is 301 g/mol. The molecule has 1 unspecified atom stereocenters. The number of alkyl halides is 1. The quantitative estimate of drug-likeness (QED) is 0.814. The second-order valence-electron chi connectivity index (χ2n) is 3.69. The number of hydrogen-bond donors (Lipinski definition) is 2. The largest absolute Gasteiger partial charge is 0.481 e. The highest BCUT2D eigenvalue weighted by Gasteiger charge is 2.20. The van der Waals surface area contributed by atoms with Crippen LogP contribution in [0.1, 0.15) is 28.4 Å². The van der Waals surface area contributed by atoms with Crippen LogP contribution in [0.2, 0.25) is 0 Å². The van der Waals surface area contributed by atoms with E-state index in [-0.39, 0.29) is 18.8 Å². The van der Waals surface area contributed by atoms with E-state index < -0.39 is 10.8 Å². The monoisotopic (exact) mass is 300 g/mol. The molecular weight excluding hydrogens is 288 g/mol. The van der Waals surface area contributed by atoms with Crippen LogP contribution in [0.25, 0.3) is 0 Å². The number of aliphatic hydroxyl groups is 1. The lowest BCUT2D eigenvalue weighted by atomic mass is 9.95. The summed E-state index contributed by atoms with van der Waals surface area (Å²) in [5.74, 6) is -1.10. The summed E-state index contributed by atoms with van der Waals surface area (Å²) in [5.41, 5.74) is 1.67. The zero-order valence-electron chi connectivity index (χ0n) is 9.31. The summed E-state index contributed by atoms with van der Waals surface area (Å²) in [4.78, 5) is 21.5. The van der Waals surface area contributed by atoms with Crippen molar-refractivity contribution in [3.05, 3.63) is 34.9 Å². The Labute approximate surface area is 107 Å². The van der Waals surface area contributed by atoms with E-state index in [9.17, 15) is 14.7 Å². The van der Waals surface area contributed by atoms with Gasteiger partial charge in [-0.05, 0) is 23.6 Å². The minimum atomic E-state index is -0.968. The number of carboxylic acids is 1. The van der Waals surface area contributed by atoms with Crippen molar-refractivity contribution in [2.24, 2.45) is 0 Å². The third kappa shape index (κ3) is 3.38. The molecule has 5 heteroatoms. The summed E-state index contributed by atoms with van der Waals surface area (Å²) >= 11 is 3.23. The molecule has 1 rings (SSSR count). The van der Waals surface area contributed by atoms with E-state index in [1.54, 1.807) is 18.2 Å². The van der Waals surface area contributed by atoms with E-state index in [0.717, 1.165) is 0 Å². The first-order valence-corrected chi connectivity index (χ1v) is 5.96. The summed E-state index contributed by atoms with van der Waals surface area (Å²) in [6, 6.07) is 5.00. The maximum Gasteiger partial charge on any atom is 0.307 e. The van der Waals surface area contributed by atoms with Gasteiger partial charge in [0, 0.05) is 0 Å². The molecule has 1 aromatic carbocycles. The Bertz CT molecular complexity index is 442. The Hall–Kier alpha value is -1.20. The zero-order chi connectivity index (χ0) is 13.0. The van der Waals surface area contributed by atoms with Gasteiger partial charge in [-0.3, -0.25) is 9.59 Å². The average Bonchev–Trinajstić information content (AvgIpc) is 2.26. The maximum atomic E-state index is 11.4.